The van der Waals surface area contributed by atoms with E-state index in [0.29, 0.717) is 5.92 Å². The molecular weight excluding hydrogens is 240 g/mol. The molecular formula is C12H13BrO. The molecule has 1 aliphatic rings. The molecule has 0 aliphatic heterocycles. The molecule has 1 nitrogen and oxygen atoms in total. The van der Waals surface area contributed by atoms with Gasteiger partial charge in [0.25, 0.3) is 0 Å². The third-order valence-corrected chi connectivity index (χ3v) is 4.02. The molecule has 2 unspecified atom stereocenters. The maximum absolute atomic E-state index is 10.9. The fraction of sp³-hybridized carbons (Fsp3) is 0.417. The first-order chi connectivity index (χ1) is 6.59. The lowest BCUT2D eigenvalue weighted by Crippen LogP contribution is -1.91. The van der Waals surface area contributed by atoms with E-state index in [1.807, 2.05) is 18.2 Å². The largest absolute Gasteiger partial charge is 0.303 e. The van der Waals surface area contributed by atoms with Crippen LogP contribution < -0.4 is 0 Å². The van der Waals surface area contributed by atoms with E-state index in [4.69, 9.17) is 0 Å². The molecule has 1 fully saturated rings. The quantitative estimate of drug-likeness (QED) is 0.738. The summed E-state index contributed by atoms with van der Waals surface area (Å²) in [5.74, 6) is 0.566. The molecule has 1 aromatic carbocycles. The van der Waals surface area contributed by atoms with E-state index in [-0.39, 0.29) is 11.3 Å². The normalized spacial score (nSPS) is 28.5. The fourth-order valence-corrected chi connectivity index (χ4v) is 2.78. The van der Waals surface area contributed by atoms with Crippen LogP contribution in [0.15, 0.2) is 28.7 Å². The molecule has 0 amide bonds. The fourth-order valence-electron chi connectivity index (χ4n) is 2.25. The molecule has 0 heterocycles. The van der Waals surface area contributed by atoms with Gasteiger partial charge >= 0.3 is 0 Å². The summed E-state index contributed by atoms with van der Waals surface area (Å²) in [6, 6.07) is 8.15. The van der Waals surface area contributed by atoms with Crippen LogP contribution in [0.1, 0.15) is 25.3 Å². The summed E-state index contributed by atoms with van der Waals surface area (Å²) in [6.45, 7) is 4.30. The molecule has 2 heteroatoms. The van der Waals surface area contributed by atoms with Crippen LogP contribution in [0.3, 0.4) is 0 Å². The molecule has 1 aliphatic carbocycles. The molecule has 2 rings (SSSR count). The summed E-state index contributed by atoms with van der Waals surface area (Å²) in [6.07, 6.45) is 1.09. The molecule has 74 valence electrons. The molecule has 0 radical (unpaired) electrons. The van der Waals surface area contributed by atoms with Crippen molar-refractivity contribution in [3.8, 4) is 0 Å². The third-order valence-electron chi connectivity index (χ3n) is 3.30. The van der Waals surface area contributed by atoms with Gasteiger partial charge < -0.3 is 4.79 Å². The van der Waals surface area contributed by atoms with Gasteiger partial charge in [0.15, 0.2) is 0 Å². The van der Waals surface area contributed by atoms with Crippen molar-refractivity contribution in [2.75, 3.05) is 0 Å². The van der Waals surface area contributed by atoms with Crippen LogP contribution in [-0.4, -0.2) is 6.29 Å². The highest BCUT2D eigenvalue weighted by molar-refractivity contribution is 9.10. The SMILES string of the molecule is CC1(C)C(C=O)C1c1ccccc1Br. The average Bonchev–Trinajstić information content (AvgIpc) is 2.69. The molecule has 0 spiro atoms. The number of aldehydes is 1. The van der Waals surface area contributed by atoms with Crippen LogP contribution >= 0.6 is 15.9 Å². The highest BCUT2D eigenvalue weighted by atomic mass is 79.9. The van der Waals surface area contributed by atoms with E-state index in [2.05, 4.69) is 35.8 Å². The van der Waals surface area contributed by atoms with Crippen molar-refractivity contribution in [3.05, 3.63) is 34.3 Å². The summed E-state index contributed by atoms with van der Waals surface area (Å²) in [7, 11) is 0. The monoisotopic (exact) mass is 252 g/mol. The van der Waals surface area contributed by atoms with Crippen molar-refractivity contribution in [3.63, 3.8) is 0 Å². The second-order valence-electron chi connectivity index (χ2n) is 4.48. The van der Waals surface area contributed by atoms with Crippen LogP contribution in [0.2, 0.25) is 0 Å². The van der Waals surface area contributed by atoms with Crippen molar-refractivity contribution in [1.29, 1.82) is 0 Å². The van der Waals surface area contributed by atoms with E-state index < -0.39 is 0 Å². The van der Waals surface area contributed by atoms with Crippen molar-refractivity contribution in [2.24, 2.45) is 11.3 Å². The number of carbonyl (C=O) groups is 1. The third kappa shape index (κ3) is 1.33. The van der Waals surface area contributed by atoms with Crippen LogP contribution in [0.4, 0.5) is 0 Å². The van der Waals surface area contributed by atoms with Gasteiger partial charge in [0.2, 0.25) is 0 Å². The standard InChI is InChI=1S/C12H13BrO/c1-12(2)9(7-14)11(12)8-5-3-4-6-10(8)13/h3-7,9,11H,1-2H3. The van der Waals surface area contributed by atoms with E-state index >= 15 is 0 Å². The molecule has 0 bridgehead atoms. The maximum atomic E-state index is 10.9. The minimum absolute atomic E-state index is 0.131. The zero-order valence-corrected chi connectivity index (χ0v) is 9.91. The van der Waals surface area contributed by atoms with Gasteiger partial charge in [0.05, 0.1) is 0 Å². The maximum Gasteiger partial charge on any atom is 0.124 e. The Morgan fingerprint density at radius 1 is 1.36 bits per heavy atom. The van der Waals surface area contributed by atoms with Gasteiger partial charge in [0.1, 0.15) is 6.29 Å². The van der Waals surface area contributed by atoms with E-state index in [0.717, 1.165) is 10.8 Å². The molecule has 0 saturated heterocycles. The van der Waals surface area contributed by atoms with Crippen molar-refractivity contribution in [1.82, 2.24) is 0 Å². The summed E-state index contributed by atoms with van der Waals surface area (Å²) in [5, 5.41) is 0. The van der Waals surface area contributed by atoms with Crippen molar-refractivity contribution >= 4 is 22.2 Å². The number of hydrogen-bond acceptors (Lipinski definition) is 1. The van der Waals surface area contributed by atoms with Crippen LogP contribution in [0.25, 0.3) is 0 Å². The first-order valence-corrected chi connectivity index (χ1v) is 5.58. The highest BCUT2D eigenvalue weighted by Crippen LogP contribution is 2.64. The minimum atomic E-state index is 0.131. The number of hydrogen-bond donors (Lipinski definition) is 0. The Morgan fingerprint density at radius 2 is 2.00 bits per heavy atom. The topological polar surface area (TPSA) is 17.1 Å². The molecule has 1 saturated carbocycles. The lowest BCUT2D eigenvalue weighted by Gasteiger charge is -2.04. The number of carbonyl (C=O) groups excluding carboxylic acids is 1. The molecule has 0 aromatic heterocycles. The van der Waals surface area contributed by atoms with E-state index in [1.165, 1.54) is 5.56 Å². The number of halogens is 1. The van der Waals surface area contributed by atoms with E-state index in [1.54, 1.807) is 0 Å². The number of benzene rings is 1. The first-order valence-electron chi connectivity index (χ1n) is 4.78. The molecule has 14 heavy (non-hydrogen) atoms. The van der Waals surface area contributed by atoms with Gasteiger partial charge in [-0.15, -0.1) is 0 Å². The van der Waals surface area contributed by atoms with Crippen LogP contribution in [0, 0.1) is 11.3 Å². The molecule has 2 atom stereocenters. The average molecular weight is 253 g/mol. The smallest absolute Gasteiger partial charge is 0.124 e. The Bertz CT molecular complexity index is 370. The van der Waals surface area contributed by atoms with Crippen molar-refractivity contribution < 1.29 is 4.79 Å². The van der Waals surface area contributed by atoms with Gasteiger partial charge in [-0.3, -0.25) is 0 Å². The Hall–Kier alpha value is -0.630. The Balaban J connectivity index is 2.35. The Kier molecular flexibility index (Phi) is 2.26. The lowest BCUT2D eigenvalue weighted by molar-refractivity contribution is -0.109. The molecule has 0 N–H and O–H groups in total. The van der Waals surface area contributed by atoms with E-state index in [9.17, 15) is 4.79 Å². The predicted octanol–water partition coefficient (Wildman–Crippen LogP) is 3.39. The van der Waals surface area contributed by atoms with Gasteiger partial charge in [-0.1, -0.05) is 48.0 Å². The first kappa shape index (κ1) is 9.91. The summed E-state index contributed by atoms with van der Waals surface area (Å²) < 4.78 is 1.11. The van der Waals surface area contributed by atoms with Crippen LogP contribution in [0.5, 0.6) is 0 Å². The Labute approximate surface area is 92.6 Å². The van der Waals surface area contributed by atoms with Gasteiger partial charge in [-0.2, -0.15) is 0 Å². The van der Waals surface area contributed by atoms with Gasteiger partial charge in [-0.25, -0.2) is 0 Å². The van der Waals surface area contributed by atoms with Gasteiger partial charge in [0, 0.05) is 16.3 Å². The number of rotatable bonds is 2. The van der Waals surface area contributed by atoms with Crippen molar-refractivity contribution in [2.45, 2.75) is 19.8 Å². The summed E-state index contributed by atoms with van der Waals surface area (Å²) >= 11 is 3.53. The Morgan fingerprint density at radius 3 is 2.50 bits per heavy atom. The molecule has 1 aromatic rings. The van der Waals surface area contributed by atoms with Crippen LogP contribution in [-0.2, 0) is 4.79 Å². The zero-order chi connectivity index (χ0) is 10.3. The second-order valence-corrected chi connectivity index (χ2v) is 5.34. The minimum Gasteiger partial charge on any atom is -0.303 e. The second kappa shape index (κ2) is 3.20. The van der Waals surface area contributed by atoms with Gasteiger partial charge in [-0.05, 0) is 17.0 Å². The predicted molar refractivity (Wildman–Crippen MR) is 60.2 cm³/mol. The highest BCUT2D eigenvalue weighted by Gasteiger charge is 2.58. The summed E-state index contributed by atoms with van der Waals surface area (Å²) in [4.78, 5) is 10.9. The zero-order valence-electron chi connectivity index (χ0n) is 8.33. The lowest BCUT2D eigenvalue weighted by atomic mass is 10.0. The summed E-state index contributed by atoms with van der Waals surface area (Å²) in [5.41, 5.74) is 1.39.